The lowest BCUT2D eigenvalue weighted by Gasteiger charge is -2.32. The molecule has 0 unspecified atom stereocenters. The van der Waals surface area contributed by atoms with Gasteiger partial charge < -0.3 is 4.90 Å². The van der Waals surface area contributed by atoms with E-state index in [4.69, 9.17) is 9.97 Å². The Morgan fingerprint density at radius 3 is 2.65 bits per heavy atom. The lowest BCUT2D eigenvalue weighted by atomic mass is 10.0. The van der Waals surface area contributed by atoms with Crippen LogP contribution in [0, 0.1) is 0 Å². The number of hydrogen-bond acceptors (Lipinski definition) is 5. The molecule has 1 fully saturated rings. The van der Waals surface area contributed by atoms with Crippen molar-refractivity contribution in [3.8, 4) is 11.4 Å². The lowest BCUT2D eigenvalue weighted by molar-refractivity contribution is 0.279. The van der Waals surface area contributed by atoms with Gasteiger partial charge >= 0.3 is 0 Å². The van der Waals surface area contributed by atoms with Crippen molar-refractivity contribution in [3.63, 3.8) is 0 Å². The maximum Gasteiger partial charge on any atom is 0.163 e. The fourth-order valence-electron chi connectivity index (χ4n) is 3.96. The fourth-order valence-corrected chi connectivity index (χ4v) is 3.96. The summed E-state index contributed by atoms with van der Waals surface area (Å²) in [6.45, 7) is 8.95. The summed E-state index contributed by atoms with van der Waals surface area (Å²) in [5.41, 5.74) is 3.52. The Labute approximate surface area is 155 Å². The van der Waals surface area contributed by atoms with Crippen molar-refractivity contribution in [2.24, 2.45) is 0 Å². The Morgan fingerprint density at radius 2 is 1.92 bits per heavy atom. The minimum Gasteiger partial charge on any atom is -0.356 e. The van der Waals surface area contributed by atoms with E-state index in [1.807, 2.05) is 24.4 Å². The molecule has 2 aromatic rings. The molecule has 5 nitrogen and oxygen atoms in total. The topological polar surface area (TPSA) is 45.2 Å². The van der Waals surface area contributed by atoms with Gasteiger partial charge in [-0.1, -0.05) is 18.9 Å². The van der Waals surface area contributed by atoms with Crippen LogP contribution < -0.4 is 4.90 Å². The van der Waals surface area contributed by atoms with E-state index in [1.54, 1.807) is 6.20 Å². The predicted molar refractivity (Wildman–Crippen MR) is 105 cm³/mol. The molecule has 0 radical (unpaired) electrons. The molecule has 2 aliphatic rings. The first-order valence-corrected chi connectivity index (χ1v) is 9.73. The number of hydrogen-bond donors (Lipinski definition) is 0. The Balaban J connectivity index is 1.76. The maximum atomic E-state index is 5.04. The van der Waals surface area contributed by atoms with E-state index in [0.717, 1.165) is 56.4 Å². The molecule has 0 amide bonds. The van der Waals surface area contributed by atoms with Crippen LogP contribution in [0.4, 0.5) is 5.82 Å². The molecule has 0 spiro atoms. The van der Waals surface area contributed by atoms with E-state index in [-0.39, 0.29) is 0 Å². The number of fused-ring (bicyclic) bond motifs is 1. The number of aromatic nitrogens is 3. The van der Waals surface area contributed by atoms with Gasteiger partial charge in [-0.05, 0) is 25.0 Å². The molecule has 26 heavy (non-hydrogen) atoms. The van der Waals surface area contributed by atoms with Gasteiger partial charge in [-0.3, -0.25) is 9.88 Å². The van der Waals surface area contributed by atoms with Crippen LogP contribution in [0.3, 0.4) is 0 Å². The number of nitrogens with zero attached hydrogens (tertiary/aromatic N) is 5. The first-order chi connectivity index (χ1) is 12.8. The lowest BCUT2D eigenvalue weighted by Crippen LogP contribution is -2.35. The van der Waals surface area contributed by atoms with Gasteiger partial charge in [0.15, 0.2) is 5.82 Å². The summed E-state index contributed by atoms with van der Waals surface area (Å²) in [7, 11) is 0. The standard InChI is InChI=1S/C21H27N5/c1-2-11-25-14-9-19-18(16-25)21(26-12-5-3-4-6-13-26)24-20(23-19)17-8-7-10-22-15-17/h2,7-8,10,15H,1,3-6,9,11-14,16H2. The molecule has 0 aliphatic carbocycles. The molecule has 4 heterocycles. The summed E-state index contributed by atoms with van der Waals surface area (Å²) >= 11 is 0. The molecule has 0 bridgehead atoms. The van der Waals surface area contributed by atoms with Crippen molar-refractivity contribution in [2.45, 2.75) is 38.6 Å². The second-order valence-electron chi connectivity index (χ2n) is 7.21. The molecule has 1 saturated heterocycles. The van der Waals surface area contributed by atoms with Crippen molar-refractivity contribution in [2.75, 3.05) is 31.1 Å². The Bertz CT molecular complexity index is 750. The van der Waals surface area contributed by atoms with Gasteiger partial charge in [-0.15, -0.1) is 6.58 Å². The molecule has 0 saturated carbocycles. The first kappa shape index (κ1) is 17.2. The van der Waals surface area contributed by atoms with Gasteiger partial charge in [0.25, 0.3) is 0 Å². The van der Waals surface area contributed by atoms with Gasteiger partial charge in [0, 0.05) is 62.7 Å². The van der Waals surface area contributed by atoms with Crippen LogP contribution in [0.5, 0.6) is 0 Å². The molecule has 0 aromatic carbocycles. The minimum atomic E-state index is 0.813. The van der Waals surface area contributed by atoms with Gasteiger partial charge in [-0.2, -0.15) is 0 Å². The van der Waals surface area contributed by atoms with Gasteiger partial charge in [-0.25, -0.2) is 9.97 Å². The molecular formula is C21H27N5. The van der Waals surface area contributed by atoms with E-state index in [1.165, 1.54) is 36.9 Å². The highest BCUT2D eigenvalue weighted by molar-refractivity contribution is 5.60. The van der Waals surface area contributed by atoms with Crippen molar-refractivity contribution < 1.29 is 0 Å². The van der Waals surface area contributed by atoms with Crippen LogP contribution >= 0.6 is 0 Å². The second-order valence-corrected chi connectivity index (χ2v) is 7.21. The first-order valence-electron chi connectivity index (χ1n) is 9.73. The van der Waals surface area contributed by atoms with E-state index < -0.39 is 0 Å². The summed E-state index contributed by atoms with van der Waals surface area (Å²) in [5.74, 6) is 1.96. The highest BCUT2D eigenvalue weighted by atomic mass is 15.2. The summed E-state index contributed by atoms with van der Waals surface area (Å²) in [6.07, 6.45) is 11.8. The monoisotopic (exact) mass is 349 g/mol. The SMILES string of the molecule is C=CCN1CCc2nc(-c3cccnc3)nc(N3CCCCCC3)c2C1. The molecule has 0 atom stereocenters. The van der Waals surface area contributed by atoms with Gasteiger partial charge in [0.1, 0.15) is 5.82 Å². The second kappa shape index (κ2) is 7.96. The Kier molecular flexibility index (Phi) is 5.25. The summed E-state index contributed by atoms with van der Waals surface area (Å²) in [4.78, 5) is 19.1. The van der Waals surface area contributed by atoms with Gasteiger partial charge in [0.2, 0.25) is 0 Å². The number of pyridine rings is 1. The zero-order chi connectivity index (χ0) is 17.8. The average molecular weight is 349 g/mol. The van der Waals surface area contributed by atoms with Crippen molar-refractivity contribution in [1.29, 1.82) is 0 Å². The van der Waals surface area contributed by atoms with Crippen LogP contribution in [0.2, 0.25) is 0 Å². The van der Waals surface area contributed by atoms with Crippen molar-refractivity contribution in [3.05, 3.63) is 48.4 Å². The van der Waals surface area contributed by atoms with E-state index in [9.17, 15) is 0 Å². The molecule has 5 heteroatoms. The van der Waals surface area contributed by atoms with E-state index in [2.05, 4.69) is 21.4 Å². The largest absolute Gasteiger partial charge is 0.356 e. The molecule has 0 N–H and O–H groups in total. The Morgan fingerprint density at radius 1 is 1.08 bits per heavy atom. The summed E-state index contributed by atoms with van der Waals surface area (Å²) in [6, 6.07) is 4.00. The number of anilines is 1. The third kappa shape index (κ3) is 3.63. The normalized spacial score (nSPS) is 18.2. The smallest absolute Gasteiger partial charge is 0.163 e. The van der Waals surface area contributed by atoms with Crippen LogP contribution in [-0.4, -0.2) is 46.0 Å². The van der Waals surface area contributed by atoms with Gasteiger partial charge in [0.05, 0.1) is 5.69 Å². The van der Waals surface area contributed by atoms with E-state index >= 15 is 0 Å². The van der Waals surface area contributed by atoms with Crippen LogP contribution in [0.1, 0.15) is 36.9 Å². The minimum absolute atomic E-state index is 0.813. The quantitative estimate of drug-likeness (QED) is 0.791. The summed E-state index contributed by atoms with van der Waals surface area (Å²) in [5, 5.41) is 0. The summed E-state index contributed by atoms with van der Waals surface area (Å²) < 4.78 is 0. The van der Waals surface area contributed by atoms with E-state index in [0.29, 0.717) is 0 Å². The van der Waals surface area contributed by atoms with Crippen molar-refractivity contribution >= 4 is 5.82 Å². The van der Waals surface area contributed by atoms with Crippen LogP contribution in [0.25, 0.3) is 11.4 Å². The van der Waals surface area contributed by atoms with Crippen LogP contribution in [-0.2, 0) is 13.0 Å². The fraction of sp³-hybridized carbons (Fsp3) is 0.476. The predicted octanol–water partition coefficient (Wildman–Crippen LogP) is 3.46. The maximum absolute atomic E-state index is 5.04. The third-order valence-corrected chi connectivity index (χ3v) is 5.33. The molecular weight excluding hydrogens is 322 g/mol. The highest BCUT2D eigenvalue weighted by Gasteiger charge is 2.25. The Hall–Kier alpha value is -2.27. The molecule has 2 aliphatic heterocycles. The molecule has 136 valence electrons. The zero-order valence-corrected chi connectivity index (χ0v) is 15.4. The molecule has 4 rings (SSSR count). The average Bonchev–Trinajstić information content (AvgIpc) is 2.97. The number of rotatable bonds is 4. The van der Waals surface area contributed by atoms with Crippen LogP contribution in [0.15, 0.2) is 37.2 Å². The highest BCUT2D eigenvalue weighted by Crippen LogP contribution is 2.30. The molecule has 2 aromatic heterocycles. The third-order valence-electron chi connectivity index (χ3n) is 5.33. The van der Waals surface area contributed by atoms with Crippen molar-refractivity contribution in [1.82, 2.24) is 19.9 Å². The zero-order valence-electron chi connectivity index (χ0n) is 15.4.